The number of ether oxygens (including phenoxy) is 2. The van der Waals surface area contributed by atoms with Crippen molar-refractivity contribution in [2.75, 3.05) is 7.11 Å². The Kier molecular flexibility index (Phi) is 7.19. The average Bonchev–Trinajstić information content (AvgIpc) is 2.81. The van der Waals surface area contributed by atoms with Crippen LogP contribution in [0.25, 0.3) is 0 Å². The largest absolute Gasteiger partial charge is 0.497 e. The van der Waals surface area contributed by atoms with Crippen LogP contribution in [0, 0.1) is 0 Å². The molecule has 3 heteroatoms. The molecule has 0 amide bonds. The van der Waals surface area contributed by atoms with Crippen molar-refractivity contribution in [3.8, 4) is 11.5 Å². The zero-order valence-electron chi connectivity index (χ0n) is 18.2. The normalized spacial score (nSPS) is 17.2. The molecule has 0 spiro atoms. The van der Waals surface area contributed by atoms with E-state index in [0.29, 0.717) is 6.10 Å². The summed E-state index contributed by atoms with van der Waals surface area (Å²) in [5, 5.41) is 0. The van der Waals surface area contributed by atoms with E-state index in [9.17, 15) is 0 Å². The lowest BCUT2D eigenvalue weighted by Crippen LogP contribution is -2.22. The summed E-state index contributed by atoms with van der Waals surface area (Å²) in [6, 6.07) is 26.6. The topological polar surface area (TPSA) is 18.5 Å². The van der Waals surface area contributed by atoms with Crippen molar-refractivity contribution in [3.63, 3.8) is 0 Å². The zero-order valence-corrected chi connectivity index (χ0v) is 19.0. The molecule has 1 aliphatic carbocycles. The standard InChI is InChI=1S/C28H31ClO2/c1-30-25-18-14-23(15-19-25)28(29,22-10-6-5-7-11-22)24-16-20-27(21-17-24)31-26-12-8-3-2-4-9-13-26/h5-7,10-11,14-21,26H,2-4,8-9,12-13H2,1H3. The first kappa shape index (κ1) is 21.8. The Hall–Kier alpha value is -2.45. The zero-order chi connectivity index (χ0) is 21.5. The van der Waals surface area contributed by atoms with Gasteiger partial charge in [0.25, 0.3) is 0 Å². The summed E-state index contributed by atoms with van der Waals surface area (Å²) in [6.07, 6.45) is 9.16. The number of methoxy groups -OCH3 is 1. The van der Waals surface area contributed by atoms with E-state index >= 15 is 0 Å². The van der Waals surface area contributed by atoms with Crippen LogP contribution in [0.3, 0.4) is 0 Å². The molecule has 1 unspecified atom stereocenters. The third kappa shape index (κ3) is 5.07. The van der Waals surface area contributed by atoms with Gasteiger partial charge in [-0.25, -0.2) is 0 Å². The van der Waals surface area contributed by atoms with Crippen molar-refractivity contribution in [1.82, 2.24) is 0 Å². The Morgan fingerprint density at radius 1 is 0.645 bits per heavy atom. The van der Waals surface area contributed by atoms with Gasteiger partial charge in [0.1, 0.15) is 16.4 Å². The van der Waals surface area contributed by atoms with E-state index in [0.717, 1.165) is 41.0 Å². The molecule has 0 bridgehead atoms. The second-order valence-electron chi connectivity index (χ2n) is 8.36. The highest BCUT2D eigenvalue weighted by molar-refractivity contribution is 6.28. The van der Waals surface area contributed by atoms with Crippen LogP contribution in [-0.2, 0) is 4.87 Å². The summed E-state index contributed by atoms with van der Waals surface area (Å²) in [5.74, 6) is 1.75. The predicted molar refractivity (Wildman–Crippen MR) is 128 cm³/mol. The quantitative estimate of drug-likeness (QED) is 0.292. The predicted octanol–water partition coefficient (Wildman–Crippen LogP) is 7.72. The lowest BCUT2D eigenvalue weighted by molar-refractivity contribution is 0.166. The van der Waals surface area contributed by atoms with Crippen LogP contribution in [0.4, 0.5) is 0 Å². The highest BCUT2D eigenvalue weighted by Crippen LogP contribution is 2.44. The van der Waals surface area contributed by atoms with E-state index in [4.69, 9.17) is 21.1 Å². The van der Waals surface area contributed by atoms with Crippen LogP contribution >= 0.6 is 11.6 Å². The molecular formula is C28H31ClO2. The molecule has 0 radical (unpaired) electrons. The van der Waals surface area contributed by atoms with Crippen LogP contribution in [0.5, 0.6) is 11.5 Å². The minimum atomic E-state index is -0.785. The molecule has 0 N–H and O–H groups in total. The molecule has 0 aliphatic heterocycles. The first-order valence-corrected chi connectivity index (χ1v) is 11.7. The highest BCUT2D eigenvalue weighted by Gasteiger charge is 2.34. The van der Waals surface area contributed by atoms with E-state index in [1.807, 2.05) is 42.5 Å². The Labute approximate surface area is 191 Å². The molecule has 1 atom stereocenters. The van der Waals surface area contributed by atoms with Gasteiger partial charge in [0.05, 0.1) is 13.2 Å². The fourth-order valence-electron chi connectivity index (χ4n) is 4.48. The summed E-state index contributed by atoms with van der Waals surface area (Å²) in [4.78, 5) is -0.785. The minimum absolute atomic E-state index is 0.322. The third-order valence-electron chi connectivity index (χ3n) is 6.27. The summed E-state index contributed by atoms with van der Waals surface area (Å²) in [7, 11) is 1.68. The lowest BCUT2D eigenvalue weighted by Gasteiger charge is -2.29. The average molecular weight is 435 g/mol. The maximum Gasteiger partial charge on any atom is 0.119 e. The monoisotopic (exact) mass is 434 g/mol. The van der Waals surface area contributed by atoms with E-state index in [1.165, 1.54) is 32.1 Å². The number of alkyl halides is 1. The molecule has 1 fully saturated rings. The molecule has 31 heavy (non-hydrogen) atoms. The molecule has 2 nitrogen and oxygen atoms in total. The van der Waals surface area contributed by atoms with Crippen molar-refractivity contribution in [2.24, 2.45) is 0 Å². The van der Waals surface area contributed by atoms with Crippen molar-refractivity contribution in [1.29, 1.82) is 0 Å². The van der Waals surface area contributed by atoms with Gasteiger partial charge < -0.3 is 9.47 Å². The minimum Gasteiger partial charge on any atom is -0.497 e. The van der Waals surface area contributed by atoms with Gasteiger partial charge in [0, 0.05) is 0 Å². The van der Waals surface area contributed by atoms with Crippen LogP contribution in [0.2, 0.25) is 0 Å². The molecule has 162 valence electrons. The summed E-state index contributed by atoms with van der Waals surface area (Å²) in [6.45, 7) is 0. The van der Waals surface area contributed by atoms with Crippen molar-refractivity contribution >= 4 is 11.6 Å². The van der Waals surface area contributed by atoms with Crippen molar-refractivity contribution < 1.29 is 9.47 Å². The number of benzene rings is 3. The molecule has 1 aliphatic rings. The second kappa shape index (κ2) is 10.2. The molecule has 0 heterocycles. The van der Waals surface area contributed by atoms with Gasteiger partial charge in [0.2, 0.25) is 0 Å². The Morgan fingerprint density at radius 3 is 1.68 bits per heavy atom. The van der Waals surface area contributed by atoms with Gasteiger partial charge in [0.15, 0.2) is 0 Å². The smallest absolute Gasteiger partial charge is 0.119 e. The SMILES string of the molecule is COc1ccc(C(Cl)(c2ccccc2)c2ccc(OC3CCCCCCC3)cc2)cc1. The van der Waals surface area contributed by atoms with Gasteiger partial charge >= 0.3 is 0 Å². The van der Waals surface area contributed by atoms with Gasteiger partial charge in [-0.3, -0.25) is 0 Å². The van der Waals surface area contributed by atoms with Gasteiger partial charge in [-0.2, -0.15) is 0 Å². The molecule has 0 aromatic heterocycles. The first-order chi connectivity index (χ1) is 15.2. The van der Waals surface area contributed by atoms with Crippen molar-refractivity contribution in [3.05, 3.63) is 95.6 Å². The summed E-state index contributed by atoms with van der Waals surface area (Å²) >= 11 is 7.41. The Morgan fingerprint density at radius 2 is 1.13 bits per heavy atom. The first-order valence-electron chi connectivity index (χ1n) is 11.4. The Balaban J connectivity index is 1.62. The number of rotatable bonds is 6. The van der Waals surface area contributed by atoms with Crippen LogP contribution in [0.15, 0.2) is 78.9 Å². The van der Waals surface area contributed by atoms with Gasteiger partial charge in [-0.15, -0.1) is 11.6 Å². The molecular weight excluding hydrogens is 404 g/mol. The van der Waals surface area contributed by atoms with E-state index in [1.54, 1.807) is 7.11 Å². The molecule has 3 aromatic rings. The van der Waals surface area contributed by atoms with Gasteiger partial charge in [-0.05, 0) is 66.6 Å². The molecule has 1 saturated carbocycles. The number of halogens is 1. The fourth-order valence-corrected chi connectivity index (χ4v) is 4.86. The summed E-state index contributed by atoms with van der Waals surface area (Å²) in [5.41, 5.74) is 3.07. The Bertz CT molecular complexity index is 929. The maximum absolute atomic E-state index is 7.41. The molecule has 3 aromatic carbocycles. The van der Waals surface area contributed by atoms with E-state index in [2.05, 4.69) is 36.4 Å². The number of hydrogen-bond donors (Lipinski definition) is 0. The lowest BCUT2D eigenvalue weighted by atomic mass is 9.84. The fraction of sp³-hybridized carbons (Fsp3) is 0.357. The highest BCUT2D eigenvalue weighted by atomic mass is 35.5. The maximum atomic E-state index is 7.41. The molecule has 0 saturated heterocycles. The molecule has 4 rings (SSSR count). The summed E-state index contributed by atoms with van der Waals surface area (Å²) < 4.78 is 11.7. The van der Waals surface area contributed by atoms with E-state index < -0.39 is 4.87 Å². The van der Waals surface area contributed by atoms with Crippen LogP contribution in [-0.4, -0.2) is 13.2 Å². The van der Waals surface area contributed by atoms with Crippen LogP contribution < -0.4 is 9.47 Å². The second-order valence-corrected chi connectivity index (χ2v) is 8.93. The van der Waals surface area contributed by atoms with Crippen molar-refractivity contribution in [2.45, 2.75) is 55.9 Å². The van der Waals surface area contributed by atoms with E-state index in [-0.39, 0.29) is 0 Å². The number of hydrogen-bond acceptors (Lipinski definition) is 2. The third-order valence-corrected chi connectivity index (χ3v) is 6.92. The van der Waals surface area contributed by atoms with Gasteiger partial charge in [-0.1, -0.05) is 73.9 Å². The van der Waals surface area contributed by atoms with Crippen LogP contribution in [0.1, 0.15) is 61.6 Å².